The molecule has 0 spiro atoms. The minimum absolute atomic E-state index is 0.548. The van der Waals surface area contributed by atoms with Gasteiger partial charge in [0.05, 0.1) is 10.7 Å². The summed E-state index contributed by atoms with van der Waals surface area (Å²) in [6, 6.07) is 0.548. The van der Waals surface area contributed by atoms with Crippen LogP contribution in [0, 0.1) is 0 Å². The molecule has 2 rings (SSSR count). The fourth-order valence-electron chi connectivity index (χ4n) is 1.82. The maximum absolute atomic E-state index is 13.6. The summed E-state index contributed by atoms with van der Waals surface area (Å²) in [5.41, 5.74) is -0.738. The molecule has 0 bridgehead atoms. The van der Waals surface area contributed by atoms with Crippen LogP contribution < -0.4 is 5.32 Å². The van der Waals surface area contributed by atoms with Gasteiger partial charge in [0.15, 0.2) is 0 Å². The number of nitrogens with zero attached hydrogens (tertiary/aromatic N) is 1. The zero-order valence-electron chi connectivity index (χ0n) is 9.22. The zero-order valence-corrected chi connectivity index (χ0v) is 10.0. The highest BCUT2D eigenvalue weighted by molar-refractivity contribution is 7.09. The van der Waals surface area contributed by atoms with E-state index >= 15 is 0 Å². The third-order valence-corrected chi connectivity index (χ3v) is 3.62. The van der Waals surface area contributed by atoms with E-state index in [4.69, 9.17) is 0 Å². The Balaban J connectivity index is 2.00. The Morgan fingerprint density at radius 2 is 2.47 bits per heavy atom. The molecule has 1 aromatic heterocycles. The summed E-state index contributed by atoms with van der Waals surface area (Å²) in [6.07, 6.45) is 3.41. The van der Waals surface area contributed by atoms with Crippen LogP contribution in [0.3, 0.4) is 0 Å². The number of thiazole rings is 1. The number of aromatic nitrogens is 1. The van der Waals surface area contributed by atoms with Crippen molar-refractivity contribution in [1.29, 1.82) is 0 Å². The molecular weight excluding hydrogens is 211 g/mol. The second kappa shape index (κ2) is 4.18. The summed E-state index contributed by atoms with van der Waals surface area (Å²) in [7, 11) is 0. The topological polar surface area (TPSA) is 24.9 Å². The van der Waals surface area contributed by atoms with Gasteiger partial charge in [0.25, 0.3) is 0 Å². The molecule has 2 nitrogen and oxygen atoms in total. The Labute approximate surface area is 93.9 Å². The average Bonchev–Trinajstić information content (AvgIpc) is 2.73. The van der Waals surface area contributed by atoms with Gasteiger partial charge in [-0.15, -0.1) is 11.3 Å². The maximum atomic E-state index is 13.6. The van der Waals surface area contributed by atoms with Crippen molar-refractivity contribution in [2.75, 3.05) is 6.54 Å². The van der Waals surface area contributed by atoms with Crippen LogP contribution in [-0.4, -0.2) is 17.6 Å². The molecule has 2 heterocycles. The van der Waals surface area contributed by atoms with Crippen LogP contribution in [0.4, 0.5) is 4.39 Å². The van der Waals surface area contributed by atoms with E-state index in [0.29, 0.717) is 11.7 Å². The molecule has 0 amide bonds. The predicted molar refractivity (Wildman–Crippen MR) is 61.0 cm³/mol. The fourth-order valence-corrected chi connectivity index (χ4v) is 2.85. The van der Waals surface area contributed by atoms with Crippen molar-refractivity contribution < 1.29 is 4.39 Å². The Morgan fingerprint density at radius 1 is 1.67 bits per heavy atom. The smallest absolute Gasteiger partial charge is 0.148 e. The van der Waals surface area contributed by atoms with E-state index in [9.17, 15) is 4.39 Å². The van der Waals surface area contributed by atoms with E-state index in [2.05, 4.69) is 10.3 Å². The Kier molecular flexibility index (Phi) is 3.07. The van der Waals surface area contributed by atoms with E-state index in [-0.39, 0.29) is 0 Å². The van der Waals surface area contributed by atoms with Gasteiger partial charge in [0.2, 0.25) is 0 Å². The van der Waals surface area contributed by atoms with Crippen LogP contribution in [0.2, 0.25) is 0 Å². The molecule has 84 valence electrons. The van der Waals surface area contributed by atoms with Gasteiger partial charge < -0.3 is 5.32 Å². The standard InChI is InChI=1S/C11H17FN2S/c1-11(2,12)9-7-15-10(14-9)6-8-4-3-5-13-8/h7-8,13H,3-6H2,1-2H3. The molecule has 0 aromatic carbocycles. The Hall–Kier alpha value is -0.480. The number of nitrogens with one attached hydrogen (secondary N) is 1. The monoisotopic (exact) mass is 228 g/mol. The molecule has 1 saturated heterocycles. The minimum atomic E-state index is -1.31. The van der Waals surface area contributed by atoms with E-state index in [1.54, 1.807) is 25.2 Å². The van der Waals surface area contributed by atoms with Crippen molar-refractivity contribution in [3.8, 4) is 0 Å². The maximum Gasteiger partial charge on any atom is 0.148 e. The molecule has 1 aromatic rings. The first-order chi connectivity index (χ1) is 7.05. The third-order valence-electron chi connectivity index (χ3n) is 2.74. The van der Waals surface area contributed by atoms with Crippen molar-refractivity contribution in [2.24, 2.45) is 0 Å². The Morgan fingerprint density at radius 3 is 3.00 bits per heavy atom. The molecule has 1 unspecified atom stereocenters. The van der Waals surface area contributed by atoms with Crippen molar-refractivity contribution in [3.63, 3.8) is 0 Å². The van der Waals surface area contributed by atoms with Crippen LogP contribution in [0.25, 0.3) is 0 Å². The van der Waals surface area contributed by atoms with E-state index in [0.717, 1.165) is 18.0 Å². The van der Waals surface area contributed by atoms with Crippen molar-refractivity contribution >= 4 is 11.3 Å². The minimum Gasteiger partial charge on any atom is -0.314 e. The van der Waals surface area contributed by atoms with Crippen LogP contribution in [0.15, 0.2) is 5.38 Å². The first-order valence-corrected chi connectivity index (χ1v) is 6.31. The quantitative estimate of drug-likeness (QED) is 0.860. The molecule has 0 saturated carbocycles. The van der Waals surface area contributed by atoms with E-state index < -0.39 is 5.67 Å². The molecule has 1 aliphatic heterocycles. The van der Waals surface area contributed by atoms with Crippen LogP contribution in [0.1, 0.15) is 37.4 Å². The lowest BCUT2D eigenvalue weighted by Gasteiger charge is -2.10. The molecule has 1 N–H and O–H groups in total. The van der Waals surface area contributed by atoms with Gasteiger partial charge in [-0.3, -0.25) is 0 Å². The van der Waals surface area contributed by atoms with Gasteiger partial charge in [0.1, 0.15) is 5.67 Å². The second-order valence-electron chi connectivity index (χ2n) is 4.60. The summed E-state index contributed by atoms with van der Waals surface area (Å²) in [4.78, 5) is 4.35. The predicted octanol–water partition coefficient (Wildman–Crippen LogP) is 2.64. The normalized spacial score (nSPS) is 22.2. The number of hydrogen-bond acceptors (Lipinski definition) is 3. The first kappa shape index (κ1) is 11.0. The molecule has 15 heavy (non-hydrogen) atoms. The second-order valence-corrected chi connectivity index (χ2v) is 5.54. The van der Waals surface area contributed by atoms with Gasteiger partial charge >= 0.3 is 0 Å². The fraction of sp³-hybridized carbons (Fsp3) is 0.727. The van der Waals surface area contributed by atoms with Gasteiger partial charge in [-0.05, 0) is 33.2 Å². The number of hydrogen-bond donors (Lipinski definition) is 1. The van der Waals surface area contributed by atoms with Gasteiger partial charge in [-0.25, -0.2) is 9.37 Å². The van der Waals surface area contributed by atoms with Crippen molar-refractivity contribution in [3.05, 3.63) is 16.1 Å². The third kappa shape index (κ3) is 2.75. The van der Waals surface area contributed by atoms with E-state index in [1.807, 2.05) is 5.38 Å². The summed E-state index contributed by atoms with van der Waals surface area (Å²) < 4.78 is 13.6. The highest BCUT2D eigenvalue weighted by Crippen LogP contribution is 2.26. The largest absolute Gasteiger partial charge is 0.314 e. The van der Waals surface area contributed by atoms with Crippen molar-refractivity contribution in [1.82, 2.24) is 10.3 Å². The average molecular weight is 228 g/mol. The van der Waals surface area contributed by atoms with Crippen LogP contribution in [0.5, 0.6) is 0 Å². The van der Waals surface area contributed by atoms with Gasteiger partial charge in [0, 0.05) is 17.8 Å². The highest BCUT2D eigenvalue weighted by atomic mass is 32.1. The molecule has 1 aliphatic rings. The SMILES string of the molecule is CC(C)(F)c1csc(CC2CCCN2)n1. The molecule has 1 fully saturated rings. The Bertz CT molecular complexity index is 324. The van der Waals surface area contributed by atoms with Gasteiger partial charge in [-0.1, -0.05) is 0 Å². The lowest BCUT2D eigenvalue weighted by atomic mass is 10.1. The molecule has 1 atom stereocenters. The van der Waals surface area contributed by atoms with Crippen LogP contribution >= 0.6 is 11.3 Å². The zero-order chi connectivity index (χ0) is 10.9. The molecule has 4 heteroatoms. The lowest BCUT2D eigenvalue weighted by molar-refractivity contribution is 0.215. The molecule has 0 aliphatic carbocycles. The summed E-state index contributed by atoms with van der Waals surface area (Å²) in [5, 5.41) is 6.31. The summed E-state index contributed by atoms with van der Waals surface area (Å²) in [6.45, 7) is 4.22. The number of alkyl halides is 1. The summed E-state index contributed by atoms with van der Waals surface area (Å²) in [5.74, 6) is 0. The van der Waals surface area contributed by atoms with E-state index in [1.165, 1.54) is 12.8 Å². The van der Waals surface area contributed by atoms with Gasteiger partial charge in [-0.2, -0.15) is 0 Å². The molecular formula is C11H17FN2S. The summed E-state index contributed by atoms with van der Waals surface area (Å²) >= 11 is 1.57. The number of halogens is 1. The van der Waals surface area contributed by atoms with Crippen molar-refractivity contribution in [2.45, 2.75) is 44.8 Å². The number of rotatable bonds is 3. The highest BCUT2D eigenvalue weighted by Gasteiger charge is 2.23. The van der Waals surface area contributed by atoms with Crippen LogP contribution in [-0.2, 0) is 12.1 Å². The molecule has 0 radical (unpaired) electrons. The first-order valence-electron chi connectivity index (χ1n) is 5.43. The lowest BCUT2D eigenvalue weighted by Crippen LogP contribution is -2.23.